The maximum Gasteiger partial charge on any atom is 0.262 e. The molecule has 8 nitrogen and oxygen atoms in total. The number of methoxy groups -OCH3 is 1. The first-order valence-corrected chi connectivity index (χ1v) is 10.0. The number of ether oxygens (including phenoxy) is 1. The molecular formula is C24H19N5O3. The predicted octanol–water partition coefficient (Wildman–Crippen LogP) is 3.35. The zero-order chi connectivity index (χ0) is 22.2. The van der Waals surface area contributed by atoms with E-state index >= 15 is 0 Å². The van der Waals surface area contributed by atoms with Crippen LogP contribution in [0.5, 0.6) is 5.75 Å². The number of fused-ring (bicyclic) bond motifs is 1. The Bertz CT molecular complexity index is 1440. The van der Waals surface area contributed by atoms with Crippen LogP contribution in [0.3, 0.4) is 0 Å². The minimum atomic E-state index is -0.370. The van der Waals surface area contributed by atoms with E-state index in [2.05, 4.69) is 19.9 Å². The van der Waals surface area contributed by atoms with Gasteiger partial charge in [-0.15, -0.1) is 0 Å². The van der Waals surface area contributed by atoms with Gasteiger partial charge in [0.05, 0.1) is 24.7 Å². The third kappa shape index (κ3) is 3.41. The molecule has 32 heavy (non-hydrogen) atoms. The van der Waals surface area contributed by atoms with Crippen LogP contribution in [0, 0.1) is 0 Å². The van der Waals surface area contributed by atoms with Crippen LogP contribution < -0.4 is 15.2 Å². The van der Waals surface area contributed by atoms with Crippen molar-refractivity contribution in [1.82, 2.24) is 19.9 Å². The Balaban J connectivity index is 1.78. The summed E-state index contributed by atoms with van der Waals surface area (Å²) >= 11 is 0. The fraction of sp³-hybridized carbons (Fsp3) is 0.125. The summed E-state index contributed by atoms with van der Waals surface area (Å²) in [5, 5.41) is 0.339. The van der Waals surface area contributed by atoms with Crippen LogP contribution in [-0.2, 0) is 4.79 Å². The quantitative estimate of drug-likeness (QED) is 0.538. The molecule has 1 aliphatic heterocycles. The van der Waals surface area contributed by atoms with Gasteiger partial charge in [-0.1, -0.05) is 12.1 Å². The first-order chi connectivity index (χ1) is 15.5. The fourth-order valence-electron chi connectivity index (χ4n) is 3.78. The minimum Gasteiger partial charge on any atom is -0.497 e. The van der Waals surface area contributed by atoms with Crippen LogP contribution in [0.25, 0.3) is 33.4 Å². The molecule has 1 amide bonds. The second kappa shape index (κ2) is 7.73. The summed E-state index contributed by atoms with van der Waals surface area (Å²) in [5.74, 6) is 0.620. The number of benzene rings is 1. The summed E-state index contributed by atoms with van der Waals surface area (Å²) in [7, 11) is 1.59. The number of anilines is 1. The van der Waals surface area contributed by atoms with Crippen molar-refractivity contribution in [1.29, 1.82) is 0 Å². The number of nitrogens with zero attached hydrogens (tertiary/aromatic N) is 4. The third-order valence-electron chi connectivity index (χ3n) is 5.30. The van der Waals surface area contributed by atoms with Crippen LogP contribution in [0.2, 0.25) is 0 Å². The SMILES string of the molecule is COc1cccc(-c2cc(-c3cccnc3)nc3nc(N4CC(C)=CC4=O)[nH]c(=O)c23)c1. The van der Waals surface area contributed by atoms with Gasteiger partial charge in [-0.2, -0.15) is 4.98 Å². The van der Waals surface area contributed by atoms with Crippen LogP contribution in [0.1, 0.15) is 6.92 Å². The van der Waals surface area contributed by atoms with Gasteiger partial charge in [0.15, 0.2) is 5.65 Å². The van der Waals surface area contributed by atoms with Gasteiger partial charge in [-0.05, 0) is 48.4 Å². The number of carbonyl (C=O) groups is 1. The van der Waals surface area contributed by atoms with E-state index in [4.69, 9.17) is 4.74 Å². The summed E-state index contributed by atoms with van der Waals surface area (Å²) in [5.41, 5.74) is 3.64. The molecule has 8 heteroatoms. The maximum atomic E-state index is 13.2. The predicted molar refractivity (Wildman–Crippen MR) is 121 cm³/mol. The van der Waals surface area contributed by atoms with Crippen LogP contribution in [-0.4, -0.2) is 39.5 Å². The Kier molecular flexibility index (Phi) is 4.74. The molecule has 0 fully saturated rings. The first-order valence-electron chi connectivity index (χ1n) is 10.0. The van der Waals surface area contributed by atoms with E-state index in [0.29, 0.717) is 28.9 Å². The minimum absolute atomic E-state index is 0.174. The highest BCUT2D eigenvalue weighted by Gasteiger charge is 2.24. The molecule has 0 radical (unpaired) electrons. The van der Waals surface area contributed by atoms with Gasteiger partial charge in [-0.3, -0.25) is 24.5 Å². The number of amides is 1. The lowest BCUT2D eigenvalue weighted by molar-refractivity contribution is -0.113. The van der Waals surface area contributed by atoms with Crippen LogP contribution in [0.4, 0.5) is 5.95 Å². The molecule has 0 saturated heterocycles. The summed E-state index contributed by atoms with van der Waals surface area (Å²) in [4.78, 5) is 43.1. The Labute approximate surface area is 183 Å². The standard InChI is InChI=1S/C24H19N5O3/c1-14-9-20(30)29(13-14)24-27-22-21(23(31)28-24)18(15-5-3-7-17(10-15)32-2)11-19(26-22)16-6-4-8-25-12-16/h3-12H,13H2,1-2H3,(H,26,27,28,31). The number of aromatic amines is 1. The van der Waals surface area contributed by atoms with E-state index in [1.54, 1.807) is 19.5 Å². The normalized spacial score (nSPS) is 13.5. The highest BCUT2D eigenvalue weighted by molar-refractivity contribution is 6.04. The Hall–Kier alpha value is -4.33. The van der Waals surface area contributed by atoms with Crippen molar-refractivity contribution in [2.45, 2.75) is 6.92 Å². The molecule has 158 valence electrons. The molecule has 1 aromatic carbocycles. The maximum absolute atomic E-state index is 13.2. The molecule has 5 rings (SSSR count). The van der Waals surface area contributed by atoms with Crippen molar-refractivity contribution in [2.75, 3.05) is 18.6 Å². The largest absolute Gasteiger partial charge is 0.497 e. The molecule has 0 bridgehead atoms. The van der Waals surface area contributed by atoms with Gasteiger partial charge in [-0.25, -0.2) is 4.98 Å². The number of H-pyrrole nitrogens is 1. The lowest BCUT2D eigenvalue weighted by Crippen LogP contribution is -2.29. The second-order valence-corrected chi connectivity index (χ2v) is 7.53. The molecule has 0 spiro atoms. The van der Waals surface area contributed by atoms with Gasteiger partial charge in [0.2, 0.25) is 5.95 Å². The molecule has 0 atom stereocenters. The van der Waals surface area contributed by atoms with Gasteiger partial charge in [0.25, 0.3) is 11.5 Å². The monoisotopic (exact) mass is 425 g/mol. The van der Waals surface area contributed by atoms with Crippen LogP contribution in [0.15, 0.2) is 71.3 Å². The topological polar surface area (TPSA) is 101 Å². The van der Waals surface area contributed by atoms with E-state index in [1.807, 2.05) is 49.4 Å². The molecular weight excluding hydrogens is 406 g/mol. The summed E-state index contributed by atoms with van der Waals surface area (Å²) in [6, 6.07) is 13.0. The smallest absolute Gasteiger partial charge is 0.262 e. The highest BCUT2D eigenvalue weighted by Crippen LogP contribution is 2.32. The zero-order valence-corrected chi connectivity index (χ0v) is 17.5. The molecule has 0 unspecified atom stereocenters. The number of carbonyl (C=O) groups excluding carboxylic acids is 1. The van der Waals surface area contributed by atoms with Crippen molar-refractivity contribution in [2.24, 2.45) is 0 Å². The van der Waals surface area contributed by atoms with Gasteiger partial charge in [0.1, 0.15) is 5.75 Å². The van der Waals surface area contributed by atoms with Crippen molar-refractivity contribution >= 4 is 22.9 Å². The molecule has 0 saturated carbocycles. The molecule has 1 aliphatic rings. The van der Waals surface area contributed by atoms with E-state index in [0.717, 1.165) is 16.7 Å². The van der Waals surface area contributed by atoms with Crippen molar-refractivity contribution in [3.63, 3.8) is 0 Å². The zero-order valence-electron chi connectivity index (χ0n) is 17.5. The average Bonchev–Trinajstić information content (AvgIpc) is 3.16. The number of hydrogen-bond donors (Lipinski definition) is 1. The summed E-state index contributed by atoms with van der Waals surface area (Å²) in [6.07, 6.45) is 4.92. The molecule has 4 heterocycles. The molecule has 1 N–H and O–H groups in total. The molecule has 0 aliphatic carbocycles. The van der Waals surface area contributed by atoms with E-state index in [9.17, 15) is 9.59 Å². The molecule has 4 aromatic rings. The Morgan fingerprint density at radius 3 is 2.62 bits per heavy atom. The first kappa shape index (κ1) is 19.6. The molecule has 3 aromatic heterocycles. The summed E-state index contributed by atoms with van der Waals surface area (Å²) in [6.45, 7) is 2.23. The van der Waals surface area contributed by atoms with Crippen molar-refractivity contribution in [3.05, 3.63) is 76.9 Å². The third-order valence-corrected chi connectivity index (χ3v) is 5.30. The number of nitrogens with one attached hydrogen (secondary N) is 1. The van der Waals surface area contributed by atoms with Gasteiger partial charge in [0, 0.05) is 29.6 Å². The Morgan fingerprint density at radius 1 is 1.06 bits per heavy atom. The Morgan fingerprint density at radius 2 is 1.91 bits per heavy atom. The van der Waals surface area contributed by atoms with Gasteiger partial charge >= 0.3 is 0 Å². The second-order valence-electron chi connectivity index (χ2n) is 7.53. The van der Waals surface area contributed by atoms with Crippen molar-refractivity contribution < 1.29 is 9.53 Å². The van der Waals surface area contributed by atoms with Crippen LogP contribution >= 0.6 is 0 Å². The van der Waals surface area contributed by atoms with E-state index in [-0.39, 0.29) is 23.1 Å². The highest BCUT2D eigenvalue weighted by atomic mass is 16.5. The number of aromatic nitrogens is 4. The van der Waals surface area contributed by atoms with E-state index < -0.39 is 0 Å². The lowest BCUT2D eigenvalue weighted by Gasteiger charge is -2.16. The number of hydrogen-bond acceptors (Lipinski definition) is 6. The summed E-state index contributed by atoms with van der Waals surface area (Å²) < 4.78 is 5.36. The number of pyridine rings is 2. The number of rotatable bonds is 4. The fourth-order valence-corrected chi connectivity index (χ4v) is 3.78. The lowest BCUT2D eigenvalue weighted by atomic mass is 10.0. The average molecular weight is 425 g/mol. The van der Waals surface area contributed by atoms with E-state index in [1.165, 1.54) is 11.0 Å². The van der Waals surface area contributed by atoms with Crippen molar-refractivity contribution in [3.8, 4) is 28.1 Å². The van der Waals surface area contributed by atoms with Gasteiger partial charge < -0.3 is 4.74 Å².